The van der Waals surface area contributed by atoms with Crippen LogP contribution < -0.4 is 10.6 Å². The lowest BCUT2D eigenvalue weighted by Gasteiger charge is -2.33. The number of likely N-dealkylation sites (tertiary alicyclic amines) is 1. The molecule has 1 atom stereocenters. The van der Waals surface area contributed by atoms with Crippen LogP contribution in [0.5, 0.6) is 0 Å². The Hall–Kier alpha value is -2.02. The molecule has 7 nitrogen and oxygen atoms in total. The smallest absolute Gasteiger partial charge is 0.341 e. The molecule has 1 aliphatic rings. The number of rotatable bonds is 7. The molecule has 0 spiro atoms. The van der Waals surface area contributed by atoms with Gasteiger partial charge in [0.1, 0.15) is 17.1 Å². The number of carbonyl (C=O) groups excluding carboxylic acids is 1. The quantitative estimate of drug-likeness (QED) is 0.335. The SMILES string of the molecule is CN=C(NCCCN1CCCCC1C)NCc1cc(C(=O)OC)c(C)o1. The van der Waals surface area contributed by atoms with Gasteiger partial charge in [-0.05, 0) is 45.7 Å². The molecular weight excluding hydrogens is 332 g/mol. The van der Waals surface area contributed by atoms with E-state index in [4.69, 9.17) is 9.15 Å². The maximum absolute atomic E-state index is 11.6. The molecule has 1 saturated heterocycles. The Morgan fingerprint density at radius 1 is 1.42 bits per heavy atom. The third kappa shape index (κ3) is 5.76. The van der Waals surface area contributed by atoms with E-state index in [1.807, 2.05) is 0 Å². The molecule has 0 saturated carbocycles. The predicted molar refractivity (Wildman–Crippen MR) is 102 cm³/mol. The lowest BCUT2D eigenvalue weighted by atomic mass is 10.0. The normalized spacial score (nSPS) is 18.6. The molecule has 0 aromatic carbocycles. The van der Waals surface area contributed by atoms with Gasteiger partial charge in [-0.3, -0.25) is 4.99 Å². The average Bonchev–Trinajstić information content (AvgIpc) is 3.02. The second kappa shape index (κ2) is 10.2. The van der Waals surface area contributed by atoms with Crippen LogP contribution in [-0.2, 0) is 11.3 Å². The number of hydrogen-bond acceptors (Lipinski definition) is 5. The maximum Gasteiger partial charge on any atom is 0.341 e. The minimum atomic E-state index is -0.382. The summed E-state index contributed by atoms with van der Waals surface area (Å²) in [6, 6.07) is 2.41. The van der Waals surface area contributed by atoms with E-state index in [2.05, 4.69) is 27.4 Å². The van der Waals surface area contributed by atoms with Crippen LogP contribution in [0.4, 0.5) is 0 Å². The van der Waals surface area contributed by atoms with Gasteiger partial charge in [-0.15, -0.1) is 0 Å². The number of aryl methyl sites for hydroxylation is 1. The molecule has 146 valence electrons. The van der Waals surface area contributed by atoms with Gasteiger partial charge in [-0.1, -0.05) is 6.42 Å². The van der Waals surface area contributed by atoms with Crippen molar-refractivity contribution in [1.82, 2.24) is 15.5 Å². The molecule has 2 heterocycles. The van der Waals surface area contributed by atoms with Gasteiger partial charge in [0.25, 0.3) is 0 Å². The lowest BCUT2D eigenvalue weighted by molar-refractivity contribution is 0.0599. The number of esters is 1. The number of guanidine groups is 1. The van der Waals surface area contributed by atoms with E-state index in [1.54, 1.807) is 20.0 Å². The molecule has 26 heavy (non-hydrogen) atoms. The molecule has 2 N–H and O–H groups in total. The summed E-state index contributed by atoms with van der Waals surface area (Å²) in [5, 5.41) is 6.54. The molecule has 1 aromatic rings. The predicted octanol–water partition coefficient (Wildman–Crippen LogP) is 2.30. The fraction of sp³-hybridized carbons (Fsp3) is 0.684. The highest BCUT2D eigenvalue weighted by molar-refractivity contribution is 5.90. The van der Waals surface area contributed by atoms with Crippen LogP contribution in [0.25, 0.3) is 0 Å². The van der Waals surface area contributed by atoms with Crippen molar-refractivity contribution in [2.75, 3.05) is 33.8 Å². The van der Waals surface area contributed by atoms with Crippen LogP contribution >= 0.6 is 0 Å². The largest absolute Gasteiger partial charge is 0.465 e. The topological polar surface area (TPSA) is 79.1 Å². The second-order valence-corrected chi connectivity index (χ2v) is 6.76. The van der Waals surface area contributed by atoms with E-state index in [-0.39, 0.29) is 5.97 Å². The van der Waals surface area contributed by atoms with Gasteiger partial charge in [0, 0.05) is 26.2 Å². The molecule has 0 aliphatic carbocycles. The van der Waals surface area contributed by atoms with Gasteiger partial charge in [0.05, 0.1) is 13.7 Å². The first kappa shape index (κ1) is 20.3. The van der Waals surface area contributed by atoms with Gasteiger partial charge in [0.15, 0.2) is 5.96 Å². The number of hydrogen-bond donors (Lipinski definition) is 2. The Labute approximate surface area is 156 Å². The van der Waals surface area contributed by atoms with Gasteiger partial charge in [0.2, 0.25) is 0 Å². The fourth-order valence-electron chi connectivity index (χ4n) is 3.31. The summed E-state index contributed by atoms with van der Waals surface area (Å²) in [5.41, 5.74) is 0.461. The van der Waals surface area contributed by atoms with E-state index in [0.717, 1.165) is 25.5 Å². The second-order valence-electron chi connectivity index (χ2n) is 6.76. The van der Waals surface area contributed by atoms with Crippen LogP contribution in [0.15, 0.2) is 15.5 Å². The van der Waals surface area contributed by atoms with E-state index in [1.165, 1.54) is 32.9 Å². The number of furan rings is 1. The van der Waals surface area contributed by atoms with Crippen molar-refractivity contribution in [3.05, 3.63) is 23.2 Å². The van der Waals surface area contributed by atoms with Crippen molar-refractivity contribution in [1.29, 1.82) is 0 Å². The number of methoxy groups -OCH3 is 1. The van der Waals surface area contributed by atoms with Crippen molar-refractivity contribution >= 4 is 11.9 Å². The summed E-state index contributed by atoms with van der Waals surface area (Å²) in [6.07, 6.45) is 5.07. The molecular formula is C19H32N4O3. The molecule has 1 aromatic heterocycles. The summed E-state index contributed by atoms with van der Waals surface area (Å²) >= 11 is 0. The van der Waals surface area contributed by atoms with Crippen molar-refractivity contribution in [2.24, 2.45) is 4.99 Å². The standard InChI is InChI=1S/C19H32N4O3/c1-14-8-5-6-10-23(14)11-7-9-21-19(20-3)22-13-16-12-17(15(2)26-16)18(24)25-4/h12,14H,5-11,13H2,1-4H3,(H2,20,21,22). The monoisotopic (exact) mass is 364 g/mol. The minimum Gasteiger partial charge on any atom is -0.465 e. The number of nitrogens with one attached hydrogen (secondary N) is 2. The zero-order chi connectivity index (χ0) is 18.9. The molecule has 0 bridgehead atoms. The van der Waals surface area contributed by atoms with Crippen LogP contribution in [0, 0.1) is 6.92 Å². The number of piperidine rings is 1. The molecule has 2 rings (SSSR count). The van der Waals surface area contributed by atoms with Crippen molar-refractivity contribution in [3.63, 3.8) is 0 Å². The first-order valence-corrected chi connectivity index (χ1v) is 9.41. The van der Waals surface area contributed by atoms with Crippen LogP contribution in [0.1, 0.15) is 54.5 Å². The first-order valence-electron chi connectivity index (χ1n) is 9.41. The highest BCUT2D eigenvalue weighted by Gasteiger charge is 2.17. The maximum atomic E-state index is 11.6. The Morgan fingerprint density at radius 3 is 2.92 bits per heavy atom. The zero-order valence-electron chi connectivity index (χ0n) is 16.4. The third-order valence-corrected chi connectivity index (χ3v) is 4.88. The number of nitrogens with zero attached hydrogens (tertiary/aromatic N) is 2. The summed E-state index contributed by atoms with van der Waals surface area (Å²) in [5.74, 6) is 1.58. The Kier molecular flexibility index (Phi) is 7.97. The Morgan fingerprint density at radius 2 is 2.23 bits per heavy atom. The van der Waals surface area contributed by atoms with Crippen molar-refractivity contribution in [3.8, 4) is 0 Å². The fourth-order valence-corrected chi connectivity index (χ4v) is 3.31. The number of carbonyl (C=O) groups is 1. The molecule has 0 amide bonds. The number of ether oxygens (including phenoxy) is 1. The summed E-state index contributed by atoms with van der Waals surface area (Å²) < 4.78 is 10.3. The highest BCUT2D eigenvalue weighted by atomic mass is 16.5. The van der Waals surface area contributed by atoms with E-state index in [0.29, 0.717) is 29.7 Å². The molecule has 1 aliphatic heterocycles. The highest BCUT2D eigenvalue weighted by Crippen LogP contribution is 2.16. The average molecular weight is 364 g/mol. The van der Waals surface area contributed by atoms with Crippen LogP contribution in [0.2, 0.25) is 0 Å². The molecule has 7 heteroatoms. The summed E-state index contributed by atoms with van der Waals surface area (Å²) in [6.45, 7) is 7.74. The summed E-state index contributed by atoms with van der Waals surface area (Å²) in [7, 11) is 3.11. The van der Waals surface area contributed by atoms with E-state index < -0.39 is 0 Å². The number of aliphatic imine (C=N–C) groups is 1. The third-order valence-electron chi connectivity index (χ3n) is 4.88. The lowest BCUT2D eigenvalue weighted by Crippen LogP contribution is -2.41. The first-order chi connectivity index (χ1) is 12.5. The van der Waals surface area contributed by atoms with Crippen LogP contribution in [-0.4, -0.2) is 56.7 Å². The van der Waals surface area contributed by atoms with E-state index >= 15 is 0 Å². The van der Waals surface area contributed by atoms with Gasteiger partial charge >= 0.3 is 5.97 Å². The minimum absolute atomic E-state index is 0.382. The molecule has 1 fully saturated rings. The zero-order valence-corrected chi connectivity index (χ0v) is 16.4. The van der Waals surface area contributed by atoms with Gasteiger partial charge in [-0.2, -0.15) is 0 Å². The van der Waals surface area contributed by atoms with Gasteiger partial charge in [-0.25, -0.2) is 4.79 Å². The Balaban J connectivity index is 1.71. The van der Waals surface area contributed by atoms with Crippen LogP contribution in [0.3, 0.4) is 0 Å². The van der Waals surface area contributed by atoms with Gasteiger partial charge < -0.3 is 24.7 Å². The van der Waals surface area contributed by atoms with Crippen molar-refractivity contribution in [2.45, 2.75) is 52.1 Å². The van der Waals surface area contributed by atoms with Crippen molar-refractivity contribution < 1.29 is 13.9 Å². The summed E-state index contributed by atoms with van der Waals surface area (Å²) in [4.78, 5) is 18.4. The molecule has 0 radical (unpaired) electrons. The Bertz CT molecular complexity index is 612. The molecule has 1 unspecified atom stereocenters. The van der Waals surface area contributed by atoms with E-state index in [9.17, 15) is 4.79 Å².